The Morgan fingerprint density at radius 3 is 2.41 bits per heavy atom. The molecular weight excluding hydrogens is 272 g/mol. The van der Waals surface area contributed by atoms with Gasteiger partial charge in [0.1, 0.15) is 0 Å². The number of hydrogen-bond donors (Lipinski definition) is 0. The Morgan fingerprint density at radius 2 is 1.77 bits per heavy atom. The SMILES string of the molecule is CC(C)O[C@H]1CC[C@H](CCCCN2CCN(C)C[C@@H]2C)CC1. The average Bonchev–Trinajstić information content (AvgIpc) is 2.46. The zero-order chi connectivity index (χ0) is 15.9. The lowest BCUT2D eigenvalue weighted by molar-refractivity contribution is -0.0204. The minimum atomic E-state index is 0.395. The molecule has 2 aliphatic rings. The molecule has 1 heterocycles. The van der Waals surface area contributed by atoms with E-state index in [0.29, 0.717) is 12.2 Å². The van der Waals surface area contributed by atoms with E-state index >= 15 is 0 Å². The van der Waals surface area contributed by atoms with Gasteiger partial charge in [-0.2, -0.15) is 0 Å². The molecule has 1 saturated heterocycles. The third kappa shape index (κ3) is 6.17. The molecule has 0 amide bonds. The Hall–Kier alpha value is -0.120. The molecule has 0 aromatic rings. The van der Waals surface area contributed by atoms with Gasteiger partial charge in [-0.05, 0) is 72.4 Å². The minimum Gasteiger partial charge on any atom is -0.376 e. The zero-order valence-electron chi connectivity index (χ0n) is 15.4. The van der Waals surface area contributed by atoms with Crippen molar-refractivity contribution in [2.24, 2.45) is 5.92 Å². The summed E-state index contributed by atoms with van der Waals surface area (Å²) in [6, 6.07) is 0.738. The van der Waals surface area contributed by atoms with Crippen molar-refractivity contribution in [1.29, 1.82) is 0 Å². The number of unbranched alkanes of at least 4 members (excludes halogenated alkanes) is 1. The summed E-state index contributed by atoms with van der Waals surface area (Å²) < 4.78 is 5.95. The molecule has 22 heavy (non-hydrogen) atoms. The number of hydrogen-bond acceptors (Lipinski definition) is 3. The van der Waals surface area contributed by atoms with Gasteiger partial charge in [0.25, 0.3) is 0 Å². The van der Waals surface area contributed by atoms with Crippen molar-refractivity contribution in [3.05, 3.63) is 0 Å². The normalized spacial score (nSPS) is 31.8. The van der Waals surface area contributed by atoms with Crippen LogP contribution in [0.3, 0.4) is 0 Å². The largest absolute Gasteiger partial charge is 0.376 e. The van der Waals surface area contributed by atoms with Crippen LogP contribution in [0.15, 0.2) is 0 Å². The fourth-order valence-electron chi connectivity index (χ4n) is 4.20. The molecular formula is C19H38N2O. The van der Waals surface area contributed by atoms with Gasteiger partial charge in [-0.15, -0.1) is 0 Å². The maximum Gasteiger partial charge on any atom is 0.0578 e. The Bertz CT molecular complexity index is 300. The third-order valence-electron chi connectivity index (χ3n) is 5.53. The highest BCUT2D eigenvalue weighted by atomic mass is 16.5. The quantitative estimate of drug-likeness (QED) is 0.666. The van der Waals surface area contributed by atoms with Gasteiger partial charge in [0.15, 0.2) is 0 Å². The van der Waals surface area contributed by atoms with Crippen LogP contribution in [0.4, 0.5) is 0 Å². The van der Waals surface area contributed by atoms with E-state index in [4.69, 9.17) is 4.74 Å². The zero-order valence-corrected chi connectivity index (χ0v) is 15.4. The van der Waals surface area contributed by atoms with Gasteiger partial charge in [0, 0.05) is 25.7 Å². The molecule has 0 bridgehead atoms. The van der Waals surface area contributed by atoms with Gasteiger partial charge >= 0.3 is 0 Å². The molecule has 0 spiro atoms. The van der Waals surface area contributed by atoms with E-state index in [9.17, 15) is 0 Å². The highest BCUT2D eigenvalue weighted by Crippen LogP contribution is 2.30. The van der Waals surface area contributed by atoms with Crippen LogP contribution in [0.1, 0.15) is 65.7 Å². The van der Waals surface area contributed by atoms with Gasteiger partial charge < -0.3 is 9.64 Å². The summed E-state index contributed by atoms with van der Waals surface area (Å²) in [7, 11) is 2.24. The van der Waals surface area contributed by atoms with Crippen molar-refractivity contribution in [2.45, 2.75) is 84.0 Å². The Kier molecular flexibility index (Phi) is 7.66. The predicted molar refractivity (Wildman–Crippen MR) is 94.4 cm³/mol. The van der Waals surface area contributed by atoms with E-state index in [2.05, 4.69) is 37.6 Å². The van der Waals surface area contributed by atoms with E-state index in [0.717, 1.165) is 12.0 Å². The summed E-state index contributed by atoms with van der Waals surface area (Å²) in [6.45, 7) is 11.7. The number of ether oxygens (including phenoxy) is 1. The van der Waals surface area contributed by atoms with Crippen LogP contribution < -0.4 is 0 Å². The molecule has 1 aliphatic carbocycles. The van der Waals surface area contributed by atoms with E-state index in [1.165, 1.54) is 71.1 Å². The average molecular weight is 311 g/mol. The Balaban J connectivity index is 1.53. The van der Waals surface area contributed by atoms with Crippen molar-refractivity contribution in [1.82, 2.24) is 9.80 Å². The first-order chi connectivity index (χ1) is 10.5. The smallest absolute Gasteiger partial charge is 0.0578 e. The molecule has 0 aromatic carbocycles. The maximum absolute atomic E-state index is 5.95. The van der Waals surface area contributed by atoms with Crippen LogP contribution in [-0.2, 0) is 4.74 Å². The molecule has 0 aromatic heterocycles. The van der Waals surface area contributed by atoms with Gasteiger partial charge in [-0.1, -0.05) is 12.8 Å². The van der Waals surface area contributed by atoms with Crippen LogP contribution in [0.5, 0.6) is 0 Å². The number of rotatable bonds is 7. The van der Waals surface area contributed by atoms with Crippen LogP contribution in [0.2, 0.25) is 0 Å². The van der Waals surface area contributed by atoms with Gasteiger partial charge in [0.05, 0.1) is 12.2 Å². The summed E-state index contributed by atoms with van der Waals surface area (Å²) in [5.41, 5.74) is 0. The van der Waals surface area contributed by atoms with E-state index in [-0.39, 0.29) is 0 Å². The summed E-state index contributed by atoms with van der Waals surface area (Å²) in [5, 5.41) is 0. The summed E-state index contributed by atoms with van der Waals surface area (Å²) in [5.74, 6) is 0.969. The molecule has 2 rings (SSSR count). The van der Waals surface area contributed by atoms with Crippen molar-refractivity contribution in [3.63, 3.8) is 0 Å². The third-order valence-corrected chi connectivity index (χ3v) is 5.53. The second-order valence-electron chi connectivity index (χ2n) is 7.97. The second-order valence-corrected chi connectivity index (χ2v) is 7.97. The minimum absolute atomic E-state index is 0.395. The van der Waals surface area contributed by atoms with Gasteiger partial charge in [0.2, 0.25) is 0 Å². The number of nitrogens with zero attached hydrogens (tertiary/aromatic N) is 2. The molecule has 1 atom stereocenters. The highest BCUT2D eigenvalue weighted by Gasteiger charge is 2.23. The van der Waals surface area contributed by atoms with E-state index in [1.54, 1.807) is 0 Å². The molecule has 1 saturated carbocycles. The molecule has 0 unspecified atom stereocenters. The van der Waals surface area contributed by atoms with Gasteiger partial charge in [-0.3, -0.25) is 4.90 Å². The second kappa shape index (κ2) is 9.24. The molecule has 1 aliphatic heterocycles. The van der Waals surface area contributed by atoms with E-state index < -0.39 is 0 Å². The monoisotopic (exact) mass is 310 g/mol. The van der Waals surface area contributed by atoms with Gasteiger partial charge in [-0.25, -0.2) is 0 Å². The van der Waals surface area contributed by atoms with Crippen molar-refractivity contribution in [2.75, 3.05) is 33.2 Å². The van der Waals surface area contributed by atoms with Crippen molar-refractivity contribution >= 4 is 0 Å². The molecule has 130 valence electrons. The molecule has 0 N–H and O–H groups in total. The first kappa shape index (κ1) is 18.2. The summed E-state index contributed by atoms with van der Waals surface area (Å²) in [4.78, 5) is 5.15. The first-order valence-corrected chi connectivity index (χ1v) is 9.62. The summed E-state index contributed by atoms with van der Waals surface area (Å²) in [6.07, 6.45) is 10.5. The van der Waals surface area contributed by atoms with Crippen LogP contribution in [0.25, 0.3) is 0 Å². The van der Waals surface area contributed by atoms with Crippen molar-refractivity contribution in [3.8, 4) is 0 Å². The predicted octanol–water partition coefficient (Wildman–Crippen LogP) is 3.78. The fourth-order valence-corrected chi connectivity index (χ4v) is 4.20. The molecule has 3 heteroatoms. The molecule has 3 nitrogen and oxygen atoms in total. The molecule has 2 fully saturated rings. The lowest BCUT2D eigenvalue weighted by Gasteiger charge is -2.38. The summed E-state index contributed by atoms with van der Waals surface area (Å²) >= 11 is 0. The Labute approximate surface area is 138 Å². The van der Waals surface area contributed by atoms with Crippen LogP contribution in [-0.4, -0.2) is 61.3 Å². The maximum atomic E-state index is 5.95. The highest BCUT2D eigenvalue weighted by molar-refractivity contribution is 4.78. The lowest BCUT2D eigenvalue weighted by Crippen LogP contribution is -2.50. The Morgan fingerprint density at radius 1 is 1.05 bits per heavy atom. The van der Waals surface area contributed by atoms with Crippen molar-refractivity contribution < 1.29 is 4.74 Å². The number of likely N-dealkylation sites (N-methyl/N-ethyl adjacent to an activating group) is 1. The topological polar surface area (TPSA) is 15.7 Å². The first-order valence-electron chi connectivity index (χ1n) is 9.62. The molecule has 0 radical (unpaired) electrons. The van der Waals surface area contributed by atoms with Crippen LogP contribution >= 0.6 is 0 Å². The number of piperazine rings is 1. The van der Waals surface area contributed by atoms with E-state index in [1.807, 2.05) is 0 Å². The standard InChI is InChI=1S/C19H38N2O/c1-16(2)22-19-10-8-18(9-11-19)7-5-6-12-21-14-13-20(4)15-17(21)3/h16-19H,5-15H2,1-4H3/t17-,18-,19-/m0/s1. The van der Waals surface area contributed by atoms with Crippen LogP contribution in [0, 0.1) is 5.92 Å². The fraction of sp³-hybridized carbons (Fsp3) is 1.00. The lowest BCUT2D eigenvalue weighted by atomic mass is 9.84.